The lowest BCUT2D eigenvalue weighted by Gasteiger charge is -2.09. The van der Waals surface area contributed by atoms with Gasteiger partial charge < -0.3 is 10.6 Å². The van der Waals surface area contributed by atoms with E-state index in [1.807, 2.05) is 13.8 Å². The largest absolute Gasteiger partial charge is 0.352 e. The Labute approximate surface area is 132 Å². The average Bonchev–Trinajstić information content (AvgIpc) is 2.44. The van der Waals surface area contributed by atoms with Gasteiger partial charge in [0.25, 0.3) is 5.91 Å². The maximum absolute atomic E-state index is 12.1. The van der Waals surface area contributed by atoms with Crippen LogP contribution in [-0.4, -0.2) is 21.9 Å². The number of aromatic nitrogens is 2. The second-order valence-corrected chi connectivity index (χ2v) is 5.44. The van der Waals surface area contributed by atoms with Crippen molar-refractivity contribution in [3.63, 3.8) is 0 Å². The Kier molecular flexibility index (Phi) is 4.98. The van der Waals surface area contributed by atoms with Crippen molar-refractivity contribution in [2.75, 3.05) is 10.6 Å². The molecule has 0 bridgehead atoms. The van der Waals surface area contributed by atoms with Gasteiger partial charge in [-0.15, -0.1) is 0 Å². The number of hydrogen-bond donors (Lipinski definition) is 2. The van der Waals surface area contributed by atoms with Crippen LogP contribution in [0.1, 0.15) is 24.2 Å². The van der Waals surface area contributed by atoms with Crippen molar-refractivity contribution < 1.29 is 4.79 Å². The highest BCUT2D eigenvalue weighted by Crippen LogP contribution is 2.29. The molecule has 2 aromatic rings. The molecule has 0 aliphatic rings. The second-order valence-electron chi connectivity index (χ2n) is 4.65. The van der Waals surface area contributed by atoms with Gasteiger partial charge in [0.1, 0.15) is 0 Å². The zero-order valence-corrected chi connectivity index (χ0v) is 13.0. The highest BCUT2D eigenvalue weighted by Gasteiger charge is 2.11. The summed E-state index contributed by atoms with van der Waals surface area (Å²) >= 11 is 11.9. The summed E-state index contributed by atoms with van der Waals surface area (Å²) in [4.78, 5) is 20.3. The molecular weight excluding hydrogens is 311 g/mol. The molecule has 0 atom stereocenters. The van der Waals surface area contributed by atoms with E-state index in [-0.39, 0.29) is 11.9 Å². The monoisotopic (exact) mass is 324 g/mol. The molecule has 5 nitrogen and oxygen atoms in total. The predicted octanol–water partition coefficient (Wildman–Crippen LogP) is 3.86. The van der Waals surface area contributed by atoms with E-state index in [0.717, 1.165) is 0 Å². The molecule has 0 unspecified atom stereocenters. The zero-order valence-electron chi connectivity index (χ0n) is 11.5. The Morgan fingerprint density at radius 1 is 1.19 bits per heavy atom. The van der Waals surface area contributed by atoms with E-state index < -0.39 is 0 Å². The fourth-order valence-electron chi connectivity index (χ4n) is 1.57. The van der Waals surface area contributed by atoms with Gasteiger partial charge in [-0.05, 0) is 26.0 Å². The fraction of sp³-hybridized carbons (Fsp3) is 0.214. The van der Waals surface area contributed by atoms with Gasteiger partial charge in [0.15, 0.2) is 0 Å². The number of nitrogens with one attached hydrogen (secondary N) is 2. The summed E-state index contributed by atoms with van der Waals surface area (Å²) in [7, 11) is 0. The topological polar surface area (TPSA) is 66.9 Å². The van der Waals surface area contributed by atoms with Crippen LogP contribution in [-0.2, 0) is 0 Å². The van der Waals surface area contributed by atoms with Crippen molar-refractivity contribution in [3.05, 3.63) is 46.2 Å². The van der Waals surface area contributed by atoms with E-state index in [0.29, 0.717) is 27.2 Å². The summed E-state index contributed by atoms with van der Waals surface area (Å²) in [6.45, 7) is 3.95. The summed E-state index contributed by atoms with van der Waals surface area (Å²) in [5.41, 5.74) is 0.777. The molecule has 2 rings (SSSR count). The van der Waals surface area contributed by atoms with Crippen LogP contribution in [0.25, 0.3) is 0 Å². The minimum Gasteiger partial charge on any atom is -0.352 e. The van der Waals surface area contributed by atoms with E-state index in [9.17, 15) is 4.79 Å². The first-order valence-electron chi connectivity index (χ1n) is 6.31. The third-order valence-corrected chi connectivity index (χ3v) is 3.35. The minimum atomic E-state index is -0.352. The van der Waals surface area contributed by atoms with E-state index in [4.69, 9.17) is 23.2 Å². The first-order valence-corrected chi connectivity index (χ1v) is 7.07. The SMILES string of the molecule is CC(C)Nc1ncc(C(=O)Nc2cccc(Cl)c2Cl)cn1. The number of anilines is 2. The lowest BCUT2D eigenvalue weighted by atomic mass is 10.2. The summed E-state index contributed by atoms with van der Waals surface area (Å²) < 4.78 is 0. The lowest BCUT2D eigenvalue weighted by molar-refractivity contribution is 0.102. The summed E-state index contributed by atoms with van der Waals surface area (Å²) in [6, 6.07) is 5.24. The lowest BCUT2D eigenvalue weighted by Crippen LogP contribution is -2.15. The average molecular weight is 325 g/mol. The maximum Gasteiger partial charge on any atom is 0.258 e. The number of carbonyl (C=O) groups is 1. The molecule has 110 valence electrons. The fourth-order valence-corrected chi connectivity index (χ4v) is 1.92. The number of hydrogen-bond acceptors (Lipinski definition) is 4. The highest BCUT2D eigenvalue weighted by molar-refractivity contribution is 6.44. The molecule has 1 aromatic heterocycles. The van der Waals surface area contributed by atoms with Gasteiger partial charge >= 0.3 is 0 Å². The zero-order chi connectivity index (χ0) is 15.4. The van der Waals surface area contributed by atoms with Crippen LogP contribution >= 0.6 is 23.2 Å². The van der Waals surface area contributed by atoms with Crippen molar-refractivity contribution in [1.29, 1.82) is 0 Å². The van der Waals surface area contributed by atoms with E-state index in [1.54, 1.807) is 18.2 Å². The summed E-state index contributed by atoms with van der Waals surface area (Å²) in [5.74, 6) is 0.123. The minimum absolute atomic E-state index is 0.218. The highest BCUT2D eigenvalue weighted by atomic mass is 35.5. The molecule has 0 saturated carbocycles. The smallest absolute Gasteiger partial charge is 0.258 e. The summed E-state index contributed by atoms with van der Waals surface area (Å²) in [6.07, 6.45) is 2.90. The Bertz CT molecular complexity index is 644. The van der Waals surface area contributed by atoms with Crippen LogP contribution < -0.4 is 10.6 Å². The molecule has 0 aliphatic heterocycles. The van der Waals surface area contributed by atoms with Crippen LogP contribution in [0.5, 0.6) is 0 Å². The molecule has 0 radical (unpaired) electrons. The van der Waals surface area contributed by atoms with Crippen LogP contribution in [0.15, 0.2) is 30.6 Å². The standard InChI is InChI=1S/C14H14Cl2N4O/c1-8(2)19-14-17-6-9(7-18-14)13(21)20-11-5-3-4-10(15)12(11)16/h3-8H,1-2H3,(H,20,21)(H,17,18,19). The molecule has 21 heavy (non-hydrogen) atoms. The van der Waals surface area contributed by atoms with Crippen molar-refractivity contribution in [3.8, 4) is 0 Å². The van der Waals surface area contributed by atoms with E-state index in [2.05, 4.69) is 20.6 Å². The molecular formula is C14H14Cl2N4O. The molecule has 7 heteroatoms. The van der Waals surface area contributed by atoms with Gasteiger partial charge in [-0.1, -0.05) is 29.3 Å². The number of halogens is 2. The van der Waals surface area contributed by atoms with Gasteiger partial charge in [0.05, 0.1) is 21.3 Å². The van der Waals surface area contributed by atoms with Crippen molar-refractivity contribution in [2.24, 2.45) is 0 Å². The molecule has 2 N–H and O–H groups in total. The Hall–Kier alpha value is -1.85. The molecule has 1 amide bonds. The molecule has 0 fully saturated rings. The van der Waals surface area contributed by atoms with Gasteiger partial charge in [-0.25, -0.2) is 9.97 Å². The molecule has 1 heterocycles. The first-order chi connectivity index (χ1) is 9.97. The number of nitrogens with zero attached hydrogens (tertiary/aromatic N) is 2. The van der Waals surface area contributed by atoms with E-state index in [1.165, 1.54) is 12.4 Å². The molecule has 1 aromatic carbocycles. The third kappa shape index (κ3) is 4.06. The van der Waals surface area contributed by atoms with Crippen LogP contribution in [0, 0.1) is 0 Å². The van der Waals surface area contributed by atoms with Crippen LogP contribution in [0.2, 0.25) is 10.0 Å². The number of carbonyl (C=O) groups excluding carboxylic acids is 1. The van der Waals surface area contributed by atoms with Gasteiger partial charge in [0.2, 0.25) is 5.95 Å². The number of benzene rings is 1. The summed E-state index contributed by atoms with van der Waals surface area (Å²) in [5, 5.41) is 6.39. The second kappa shape index (κ2) is 6.74. The molecule has 0 spiro atoms. The maximum atomic E-state index is 12.1. The number of rotatable bonds is 4. The first kappa shape index (κ1) is 15.5. The number of amides is 1. The van der Waals surface area contributed by atoms with Gasteiger partial charge in [0, 0.05) is 18.4 Å². The predicted molar refractivity (Wildman–Crippen MR) is 85.2 cm³/mol. The Balaban J connectivity index is 2.11. The van der Waals surface area contributed by atoms with Crippen molar-refractivity contribution in [2.45, 2.75) is 19.9 Å². The van der Waals surface area contributed by atoms with E-state index >= 15 is 0 Å². The quantitative estimate of drug-likeness (QED) is 0.896. The van der Waals surface area contributed by atoms with Gasteiger partial charge in [-0.2, -0.15) is 0 Å². The Morgan fingerprint density at radius 3 is 2.48 bits per heavy atom. The van der Waals surface area contributed by atoms with Crippen LogP contribution in [0.4, 0.5) is 11.6 Å². The third-order valence-electron chi connectivity index (χ3n) is 2.53. The van der Waals surface area contributed by atoms with Crippen LogP contribution in [0.3, 0.4) is 0 Å². The molecule has 0 aliphatic carbocycles. The normalized spacial score (nSPS) is 10.5. The van der Waals surface area contributed by atoms with Gasteiger partial charge in [-0.3, -0.25) is 4.79 Å². The van der Waals surface area contributed by atoms with Crippen molar-refractivity contribution >= 4 is 40.7 Å². The Morgan fingerprint density at radius 2 is 1.86 bits per heavy atom. The molecule has 0 saturated heterocycles. The van der Waals surface area contributed by atoms with Crippen molar-refractivity contribution in [1.82, 2.24) is 9.97 Å².